The van der Waals surface area contributed by atoms with E-state index in [0.29, 0.717) is 17.0 Å². The summed E-state index contributed by atoms with van der Waals surface area (Å²) in [6.07, 6.45) is 0. The molecule has 0 bridgehead atoms. The molecule has 0 amide bonds. The zero-order valence-corrected chi connectivity index (χ0v) is 16.4. The van der Waals surface area contributed by atoms with Gasteiger partial charge in [0.1, 0.15) is 12.3 Å². The summed E-state index contributed by atoms with van der Waals surface area (Å²) in [5, 5.41) is 13.2. The van der Waals surface area contributed by atoms with Crippen LogP contribution in [0.5, 0.6) is 5.75 Å². The lowest BCUT2D eigenvalue weighted by molar-refractivity contribution is -0.135. The summed E-state index contributed by atoms with van der Waals surface area (Å²) in [5.74, 6) is -0.222. The van der Waals surface area contributed by atoms with E-state index in [1.165, 1.54) is 6.07 Å². The molecule has 0 spiro atoms. The minimum absolute atomic E-state index is 0.295. The molecule has 0 saturated heterocycles. The van der Waals surface area contributed by atoms with E-state index in [9.17, 15) is 9.59 Å². The second kappa shape index (κ2) is 8.89. The molecule has 1 heterocycles. The van der Waals surface area contributed by atoms with Crippen molar-refractivity contribution in [3.05, 3.63) is 107 Å². The highest BCUT2D eigenvalue weighted by molar-refractivity contribution is 5.73. The number of carbonyl (C=O) groups is 1. The van der Waals surface area contributed by atoms with Crippen molar-refractivity contribution in [1.82, 2.24) is 9.78 Å². The van der Waals surface area contributed by atoms with Crippen LogP contribution in [0.3, 0.4) is 0 Å². The second-order valence-electron chi connectivity index (χ2n) is 6.77. The van der Waals surface area contributed by atoms with Gasteiger partial charge in [-0.3, -0.25) is 4.79 Å². The first-order valence-corrected chi connectivity index (χ1v) is 9.57. The Morgan fingerprint density at radius 1 is 0.839 bits per heavy atom. The zero-order chi connectivity index (χ0) is 21.6. The Bertz CT molecular complexity index is 1300. The van der Waals surface area contributed by atoms with Gasteiger partial charge >= 0.3 is 5.97 Å². The predicted molar refractivity (Wildman–Crippen MR) is 116 cm³/mol. The summed E-state index contributed by atoms with van der Waals surface area (Å²) in [6, 6.07) is 28.7. The Balaban J connectivity index is 1.45. The van der Waals surface area contributed by atoms with Gasteiger partial charge in [0.2, 0.25) is 0 Å². The van der Waals surface area contributed by atoms with Crippen molar-refractivity contribution in [1.29, 1.82) is 5.26 Å². The molecular weight excluding hydrogens is 390 g/mol. The molecule has 0 fully saturated rings. The average Bonchev–Trinajstić information content (AvgIpc) is 2.81. The number of carbonyl (C=O) groups excluding carboxylic acids is 1. The molecule has 1 aromatic heterocycles. The fourth-order valence-corrected chi connectivity index (χ4v) is 3.06. The summed E-state index contributed by atoms with van der Waals surface area (Å²) >= 11 is 0. The molecule has 0 saturated carbocycles. The molecule has 4 rings (SSSR count). The Kier molecular flexibility index (Phi) is 5.68. The normalized spacial score (nSPS) is 10.3. The quantitative estimate of drug-likeness (QED) is 0.368. The van der Waals surface area contributed by atoms with Crippen molar-refractivity contribution in [2.75, 3.05) is 0 Å². The van der Waals surface area contributed by atoms with Gasteiger partial charge in [-0.15, -0.1) is 0 Å². The number of benzene rings is 3. The molecule has 0 aliphatic carbocycles. The van der Waals surface area contributed by atoms with Crippen molar-refractivity contribution in [3.8, 4) is 34.2 Å². The summed E-state index contributed by atoms with van der Waals surface area (Å²) < 4.78 is 6.46. The topological polar surface area (TPSA) is 85.0 Å². The highest BCUT2D eigenvalue weighted by Crippen LogP contribution is 2.23. The van der Waals surface area contributed by atoms with Gasteiger partial charge in [0, 0.05) is 11.6 Å². The van der Waals surface area contributed by atoms with Gasteiger partial charge in [0.15, 0.2) is 0 Å². The molecule has 150 valence electrons. The molecule has 0 aliphatic heterocycles. The highest BCUT2D eigenvalue weighted by atomic mass is 16.5. The van der Waals surface area contributed by atoms with Crippen LogP contribution in [0.1, 0.15) is 5.56 Å². The summed E-state index contributed by atoms with van der Waals surface area (Å²) in [6.45, 7) is -0.295. The molecule has 31 heavy (non-hydrogen) atoms. The van der Waals surface area contributed by atoms with Gasteiger partial charge in [0.05, 0.1) is 17.3 Å². The predicted octanol–water partition coefficient (Wildman–Crippen LogP) is 4.05. The standard InChI is InChI=1S/C25H17N3O3/c26-16-18-6-8-19(9-7-18)20-10-12-22(13-11-20)31-25(30)17-28-24(29)15-14-23(27-28)21-4-2-1-3-5-21/h1-15H,17H2. The monoisotopic (exact) mass is 407 g/mol. The Morgan fingerprint density at radius 3 is 2.13 bits per heavy atom. The van der Waals surface area contributed by atoms with Crippen LogP contribution < -0.4 is 10.3 Å². The third-order valence-electron chi connectivity index (χ3n) is 4.65. The van der Waals surface area contributed by atoms with Gasteiger partial charge < -0.3 is 4.74 Å². The molecule has 4 aromatic rings. The molecule has 0 N–H and O–H groups in total. The summed E-state index contributed by atoms with van der Waals surface area (Å²) in [4.78, 5) is 24.5. The first-order valence-electron chi connectivity index (χ1n) is 9.57. The maximum atomic E-state index is 12.4. The minimum atomic E-state index is -0.592. The van der Waals surface area contributed by atoms with Gasteiger partial charge in [-0.2, -0.15) is 10.4 Å². The van der Waals surface area contributed by atoms with Crippen molar-refractivity contribution < 1.29 is 9.53 Å². The lowest BCUT2D eigenvalue weighted by atomic mass is 10.0. The summed E-state index contributed by atoms with van der Waals surface area (Å²) in [5.41, 5.74) is 3.54. The van der Waals surface area contributed by atoms with E-state index in [1.807, 2.05) is 54.6 Å². The number of aromatic nitrogens is 2. The molecule has 0 aliphatic rings. The van der Waals surface area contributed by atoms with Crippen LogP contribution in [0, 0.1) is 11.3 Å². The van der Waals surface area contributed by atoms with Crippen molar-refractivity contribution in [2.24, 2.45) is 0 Å². The first-order chi connectivity index (χ1) is 15.1. The Labute approximate surface area is 178 Å². The largest absolute Gasteiger partial charge is 0.425 e. The third-order valence-corrected chi connectivity index (χ3v) is 4.65. The SMILES string of the molecule is N#Cc1ccc(-c2ccc(OC(=O)Cn3nc(-c4ccccc4)ccc3=O)cc2)cc1. The van der Waals surface area contributed by atoms with Crippen LogP contribution in [-0.2, 0) is 11.3 Å². The Morgan fingerprint density at radius 2 is 1.48 bits per heavy atom. The van der Waals surface area contributed by atoms with Crippen molar-refractivity contribution >= 4 is 5.97 Å². The molecule has 6 heteroatoms. The number of hydrogen-bond acceptors (Lipinski definition) is 5. The molecule has 3 aromatic carbocycles. The second-order valence-corrected chi connectivity index (χ2v) is 6.77. The smallest absolute Gasteiger partial charge is 0.333 e. The molecule has 0 radical (unpaired) electrons. The van der Waals surface area contributed by atoms with Crippen molar-refractivity contribution in [2.45, 2.75) is 6.54 Å². The number of nitriles is 1. The third kappa shape index (κ3) is 4.74. The van der Waals surface area contributed by atoms with Crippen LogP contribution in [0.2, 0.25) is 0 Å². The highest BCUT2D eigenvalue weighted by Gasteiger charge is 2.10. The van der Waals surface area contributed by atoms with E-state index in [4.69, 9.17) is 10.00 Å². The van der Waals surface area contributed by atoms with Crippen LogP contribution in [-0.4, -0.2) is 15.7 Å². The fraction of sp³-hybridized carbons (Fsp3) is 0.0400. The van der Waals surface area contributed by atoms with Gasteiger partial charge in [0.25, 0.3) is 5.56 Å². The molecule has 6 nitrogen and oxygen atoms in total. The van der Waals surface area contributed by atoms with Crippen LogP contribution in [0.25, 0.3) is 22.4 Å². The van der Waals surface area contributed by atoms with Gasteiger partial charge in [-0.1, -0.05) is 54.6 Å². The van der Waals surface area contributed by atoms with Crippen LogP contribution in [0.4, 0.5) is 0 Å². The summed E-state index contributed by atoms with van der Waals surface area (Å²) in [7, 11) is 0. The Hall–Kier alpha value is -4.50. The number of ether oxygens (including phenoxy) is 1. The van der Waals surface area contributed by atoms with E-state index in [0.717, 1.165) is 21.4 Å². The lowest BCUT2D eigenvalue weighted by Gasteiger charge is -2.08. The average molecular weight is 407 g/mol. The molecular formula is C25H17N3O3. The molecule has 0 unspecified atom stereocenters. The van der Waals surface area contributed by atoms with Gasteiger partial charge in [-0.05, 0) is 41.5 Å². The van der Waals surface area contributed by atoms with E-state index in [1.54, 1.807) is 30.3 Å². The first kappa shape index (κ1) is 19.8. The van der Waals surface area contributed by atoms with Crippen LogP contribution in [0.15, 0.2) is 95.8 Å². The number of esters is 1. The van der Waals surface area contributed by atoms with Crippen molar-refractivity contribution in [3.63, 3.8) is 0 Å². The van der Waals surface area contributed by atoms with E-state index in [-0.39, 0.29) is 12.1 Å². The van der Waals surface area contributed by atoms with E-state index >= 15 is 0 Å². The number of rotatable bonds is 5. The minimum Gasteiger partial charge on any atom is -0.425 e. The van der Waals surface area contributed by atoms with Gasteiger partial charge in [-0.25, -0.2) is 9.48 Å². The van der Waals surface area contributed by atoms with Crippen LogP contribution >= 0.6 is 0 Å². The maximum Gasteiger partial charge on any atom is 0.333 e. The molecule has 0 atom stereocenters. The maximum absolute atomic E-state index is 12.4. The number of nitrogens with zero attached hydrogens (tertiary/aromatic N) is 3. The lowest BCUT2D eigenvalue weighted by Crippen LogP contribution is -2.28. The van der Waals surface area contributed by atoms with E-state index < -0.39 is 5.97 Å². The van der Waals surface area contributed by atoms with E-state index in [2.05, 4.69) is 11.2 Å². The number of hydrogen-bond donors (Lipinski definition) is 0. The fourth-order valence-electron chi connectivity index (χ4n) is 3.06. The zero-order valence-electron chi connectivity index (χ0n) is 16.4.